The Labute approximate surface area is 131 Å². The van der Waals surface area contributed by atoms with Gasteiger partial charge in [-0.2, -0.15) is 13.2 Å². The Bertz CT molecular complexity index is 529. The van der Waals surface area contributed by atoms with Gasteiger partial charge in [-0.05, 0) is 38.1 Å². The molecule has 128 valence electrons. The molecule has 0 fully saturated rings. The molecular formula is C15H18F3NO4. The Kier molecular flexibility index (Phi) is 6.87. The molecular weight excluding hydrogens is 315 g/mol. The zero-order valence-corrected chi connectivity index (χ0v) is 12.8. The maximum Gasteiger partial charge on any atom is 0.416 e. The van der Waals surface area contributed by atoms with E-state index in [9.17, 15) is 22.8 Å². The fourth-order valence-electron chi connectivity index (χ4n) is 1.78. The summed E-state index contributed by atoms with van der Waals surface area (Å²) in [6.07, 6.45) is -4.72. The molecule has 0 saturated carbocycles. The monoisotopic (exact) mass is 333 g/mol. The molecule has 8 heteroatoms. The van der Waals surface area contributed by atoms with E-state index in [4.69, 9.17) is 9.47 Å². The van der Waals surface area contributed by atoms with Crippen molar-refractivity contribution in [2.24, 2.45) is 0 Å². The number of carbonyl (C=O) groups excluding carboxylic acids is 2. The number of esters is 2. The van der Waals surface area contributed by atoms with Crippen LogP contribution >= 0.6 is 0 Å². The Hall–Kier alpha value is -2.25. The second-order valence-corrected chi connectivity index (χ2v) is 4.53. The molecule has 0 aliphatic heterocycles. The highest BCUT2D eigenvalue weighted by Gasteiger charge is 2.30. The average Bonchev–Trinajstić information content (AvgIpc) is 2.46. The molecule has 23 heavy (non-hydrogen) atoms. The van der Waals surface area contributed by atoms with Gasteiger partial charge in [0.25, 0.3) is 0 Å². The molecule has 1 aromatic carbocycles. The highest BCUT2D eigenvalue weighted by Crippen LogP contribution is 2.30. The minimum Gasteiger partial charge on any atom is -0.466 e. The summed E-state index contributed by atoms with van der Waals surface area (Å²) in [7, 11) is 0. The van der Waals surface area contributed by atoms with Crippen LogP contribution in [-0.2, 0) is 25.2 Å². The van der Waals surface area contributed by atoms with Gasteiger partial charge in [-0.25, -0.2) is 4.79 Å². The van der Waals surface area contributed by atoms with E-state index in [-0.39, 0.29) is 25.3 Å². The average molecular weight is 333 g/mol. The molecule has 0 unspecified atom stereocenters. The largest absolute Gasteiger partial charge is 0.466 e. The van der Waals surface area contributed by atoms with Crippen molar-refractivity contribution in [1.29, 1.82) is 0 Å². The lowest BCUT2D eigenvalue weighted by Gasteiger charge is -2.18. The van der Waals surface area contributed by atoms with Gasteiger partial charge < -0.3 is 14.8 Å². The van der Waals surface area contributed by atoms with E-state index in [1.165, 1.54) is 12.1 Å². The van der Waals surface area contributed by atoms with Gasteiger partial charge in [-0.15, -0.1) is 0 Å². The Morgan fingerprint density at radius 1 is 1.09 bits per heavy atom. The van der Waals surface area contributed by atoms with Crippen molar-refractivity contribution in [2.45, 2.75) is 32.5 Å². The SMILES string of the molecule is CCOC(=O)C[C@H](Nc1ccc(C(F)(F)F)cc1)C(=O)OCC. The number of halogens is 3. The summed E-state index contributed by atoms with van der Waals surface area (Å²) >= 11 is 0. The predicted molar refractivity (Wildman–Crippen MR) is 76.7 cm³/mol. The normalized spacial score (nSPS) is 12.4. The maximum atomic E-state index is 12.5. The minimum atomic E-state index is -4.44. The fourth-order valence-corrected chi connectivity index (χ4v) is 1.78. The molecule has 0 aromatic heterocycles. The summed E-state index contributed by atoms with van der Waals surface area (Å²) in [6, 6.07) is 3.09. The van der Waals surface area contributed by atoms with E-state index in [1.807, 2.05) is 0 Å². The van der Waals surface area contributed by atoms with Crippen LogP contribution in [0, 0.1) is 0 Å². The number of nitrogens with one attached hydrogen (secondary N) is 1. The van der Waals surface area contributed by atoms with Crippen molar-refractivity contribution in [3.63, 3.8) is 0 Å². The second kappa shape index (κ2) is 8.40. The summed E-state index contributed by atoms with van der Waals surface area (Å²) in [5, 5.41) is 2.69. The van der Waals surface area contributed by atoms with Gasteiger partial charge in [0.05, 0.1) is 25.2 Å². The van der Waals surface area contributed by atoms with Gasteiger partial charge in [-0.3, -0.25) is 4.79 Å². The van der Waals surface area contributed by atoms with Gasteiger partial charge in [0, 0.05) is 5.69 Å². The van der Waals surface area contributed by atoms with Crippen molar-refractivity contribution in [1.82, 2.24) is 0 Å². The third-order valence-electron chi connectivity index (χ3n) is 2.80. The first-order chi connectivity index (χ1) is 10.8. The lowest BCUT2D eigenvalue weighted by molar-refractivity contribution is -0.150. The van der Waals surface area contributed by atoms with Gasteiger partial charge in [-0.1, -0.05) is 0 Å². The molecule has 1 N–H and O–H groups in total. The molecule has 0 heterocycles. The van der Waals surface area contributed by atoms with E-state index in [0.29, 0.717) is 0 Å². The van der Waals surface area contributed by atoms with E-state index in [1.54, 1.807) is 13.8 Å². The minimum absolute atomic E-state index is 0.118. The van der Waals surface area contributed by atoms with Gasteiger partial charge in [0.15, 0.2) is 0 Å². The zero-order chi connectivity index (χ0) is 17.5. The van der Waals surface area contributed by atoms with Crippen LogP contribution in [0.3, 0.4) is 0 Å². The summed E-state index contributed by atoms with van der Waals surface area (Å²) in [5.41, 5.74) is -0.540. The van der Waals surface area contributed by atoms with E-state index in [0.717, 1.165) is 12.1 Å². The van der Waals surface area contributed by atoms with E-state index in [2.05, 4.69) is 5.32 Å². The maximum absolute atomic E-state index is 12.5. The van der Waals surface area contributed by atoms with Gasteiger partial charge in [0.1, 0.15) is 6.04 Å². The van der Waals surface area contributed by atoms with Crippen LogP contribution in [0.4, 0.5) is 18.9 Å². The smallest absolute Gasteiger partial charge is 0.416 e. The van der Waals surface area contributed by atoms with Crippen LogP contribution in [0.5, 0.6) is 0 Å². The number of hydrogen-bond donors (Lipinski definition) is 1. The first-order valence-electron chi connectivity index (χ1n) is 7.04. The molecule has 5 nitrogen and oxygen atoms in total. The Balaban J connectivity index is 2.83. The zero-order valence-electron chi connectivity index (χ0n) is 12.8. The molecule has 0 saturated heterocycles. The lowest BCUT2D eigenvalue weighted by atomic mass is 10.1. The molecule has 0 radical (unpaired) electrons. The number of rotatable bonds is 7. The molecule has 0 spiro atoms. The third kappa shape index (κ3) is 6.17. The van der Waals surface area contributed by atoms with Crippen LogP contribution in [0.25, 0.3) is 0 Å². The number of ether oxygens (including phenoxy) is 2. The summed E-state index contributed by atoms with van der Waals surface area (Å²) in [5.74, 6) is -1.29. The van der Waals surface area contributed by atoms with Crippen molar-refractivity contribution in [2.75, 3.05) is 18.5 Å². The molecule has 0 aliphatic rings. The number of hydrogen-bond acceptors (Lipinski definition) is 5. The summed E-state index contributed by atoms with van der Waals surface area (Å²) in [4.78, 5) is 23.4. The Morgan fingerprint density at radius 2 is 1.65 bits per heavy atom. The second-order valence-electron chi connectivity index (χ2n) is 4.53. The van der Waals surface area contributed by atoms with Crippen molar-refractivity contribution >= 4 is 17.6 Å². The van der Waals surface area contributed by atoms with Crippen LogP contribution in [0.1, 0.15) is 25.8 Å². The number of benzene rings is 1. The highest BCUT2D eigenvalue weighted by atomic mass is 19.4. The quantitative estimate of drug-likeness (QED) is 0.777. The van der Waals surface area contributed by atoms with Crippen LogP contribution in [0.15, 0.2) is 24.3 Å². The van der Waals surface area contributed by atoms with E-state index < -0.39 is 29.7 Å². The molecule has 0 aliphatic carbocycles. The van der Waals surface area contributed by atoms with Crippen LogP contribution < -0.4 is 5.32 Å². The number of carbonyl (C=O) groups is 2. The molecule has 1 rings (SSSR count). The molecule has 0 amide bonds. The first-order valence-corrected chi connectivity index (χ1v) is 7.04. The lowest BCUT2D eigenvalue weighted by Crippen LogP contribution is -2.34. The van der Waals surface area contributed by atoms with Crippen LogP contribution in [-0.4, -0.2) is 31.2 Å². The first kappa shape index (κ1) is 18.8. The van der Waals surface area contributed by atoms with Crippen LogP contribution in [0.2, 0.25) is 0 Å². The topological polar surface area (TPSA) is 64.6 Å². The summed E-state index contributed by atoms with van der Waals surface area (Å²) < 4.78 is 47.1. The van der Waals surface area contributed by atoms with Gasteiger partial charge >= 0.3 is 18.1 Å². The predicted octanol–water partition coefficient (Wildman–Crippen LogP) is 3.00. The van der Waals surface area contributed by atoms with Crippen molar-refractivity contribution in [3.05, 3.63) is 29.8 Å². The van der Waals surface area contributed by atoms with Crippen molar-refractivity contribution in [3.8, 4) is 0 Å². The molecule has 1 atom stereocenters. The molecule has 0 bridgehead atoms. The molecule has 1 aromatic rings. The summed E-state index contributed by atoms with van der Waals surface area (Å²) in [6.45, 7) is 3.51. The van der Waals surface area contributed by atoms with Gasteiger partial charge in [0.2, 0.25) is 0 Å². The fraction of sp³-hybridized carbons (Fsp3) is 0.467. The highest BCUT2D eigenvalue weighted by molar-refractivity contribution is 5.85. The standard InChI is InChI=1S/C15H18F3NO4/c1-3-22-13(20)9-12(14(21)23-4-2)19-11-7-5-10(6-8-11)15(16,17)18/h5-8,12,19H,3-4,9H2,1-2H3/t12-/m0/s1. The number of alkyl halides is 3. The number of anilines is 1. The van der Waals surface area contributed by atoms with Crippen molar-refractivity contribution < 1.29 is 32.2 Å². The Morgan fingerprint density at radius 3 is 2.13 bits per heavy atom. The third-order valence-corrected chi connectivity index (χ3v) is 2.80. The van der Waals surface area contributed by atoms with E-state index >= 15 is 0 Å².